The van der Waals surface area contributed by atoms with Gasteiger partial charge in [0, 0.05) is 48.2 Å². The largest absolute Gasteiger partial charge is 0.491 e. The maximum absolute atomic E-state index is 13.7. The van der Waals surface area contributed by atoms with Crippen LogP contribution in [0.5, 0.6) is 5.75 Å². The number of nitrogens with zero attached hydrogens (tertiary/aromatic N) is 1. The second kappa shape index (κ2) is 14.0. The van der Waals surface area contributed by atoms with Crippen molar-refractivity contribution in [1.82, 2.24) is 15.6 Å². The van der Waals surface area contributed by atoms with Crippen molar-refractivity contribution in [2.45, 2.75) is 65.1 Å². The van der Waals surface area contributed by atoms with Crippen molar-refractivity contribution in [3.05, 3.63) is 80.2 Å². The number of aryl methyl sites for hydroxylation is 1. The summed E-state index contributed by atoms with van der Waals surface area (Å²) in [7, 11) is 2.03. The fraction of sp³-hybridized carbons (Fsp3) is 0.438. The first-order valence-electron chi connectivity index (χ1n) is 14.3. The average Bonchev–Trinajstić information content (AvgIpc) is 2.97. The summed E-state index contributed by atoms with van der Waals surface area (Å²) in [4.78, 5) is 31.6. The van der Waals surface area contributed by atoms with Gasteiger partial charge in [0.15, 0.2) is 5.43 Å². The SMILES string of the molecule is CCN(c1cc(-c2ccc(OCCO)cc2)cc(C(=O)NCc2c(Cl)[nH]c(C)cc2=O)c1C)[C@H]1CC[C@H](NC)CC1. The third-order valence-electron chi connectivity index (χ3n) is 8.01. The Balaban J connectivity index is 1.70. The molecular formula is C32H41ClN4O4. The summed E-state index contributed by atoms with van der Waals surface area (Å²) in [5.74, 6) is 0.407. The second-order valence-corrected chi connectivity index (χ2v) is 11.0. The molecular weight excluding hydrogens is 540 g/mol. The Labute approximate surface area is 247 Å². The van der Waals surface area contributed by atoms with E-state index in [1.807, 2.05) is 44.3 Å². The van der Waals surface area contributed by atoms with Crippen molar-refractivity contribution < 1.29 is 14.6 Å². The Morgan fingerprint density at radius 3 is 2.41 bits per heavy atom. The molecule has 0 bridgehead atoms. The lowest BCUT2D eigenvalue weighted by Crippen LogP contribution is -2.42. The predicted molar refractivity (Wildman–Crippen MR) is 165 cm³/mol. The molecule has 0 unspecified atom stereocenters. The van der Waals surface area contributed by atoms with E-state index < -0.39 is 0 Å². The van der Waals surface area contributed by atoms with Gasteiger partial charge in [0.05, 0.1) is 12.2 Å². The standard InChI is InChI=1S/C32H41ClN4O4/c1-5-37(25-10-8-24(34-4)9-11-25)29-18-23(22-6-12-26(13-7-22)41-15-14-38)17-27(21(29)3)32(40)35-19-28-30(39)16-20(2)36-31(28)33/h6-7,12-13,16-18,24-25,34,38H,5,8-11,14-15,19H2,1-4H3,(H,35,40)(H,36,39)/t24-,25-. The topological polar surface area (TPSA) is 107 Å². The van der Waals surface area contributed by atoms with E-state index in [9.17, 15) is 9.59 Å². The molecule has 1 aromatic heterocycles. The molecule has 1 saturated carbocycles. The summed E-state index contributed by atoms with van der Waals surface area (Å²) < 4.78 is 5.54. The number of ether oxygens (including phenoxy) is 1. The Morgan fingerprint density at radius 2 is 1.80 bits per heavy atom. The van der Waals surface area contributed by atoms with Crippen LogP contribution in [0.25, 0.3) is 11.1 Å². The van der Waals surface area contributed by atoms with Crippen molar-refractivity contribution in [3.8, 4) is 16.9 Å². The van der Waals surface area contributed by atoms with Crippen LogP contribution in [-0.2, 0) is 6.54 Å². The highest BCUT2D eigenvalue weighted by Gasteiger charge is 2.27. The van der Waals surface area contributed by atoms with Gasteiger partial charge in [0.1, 0.15) is 17.5 Å². The van der Waals surface area contributed by atoms with Crippen LogP contribution in [0.2, 0.25) is 5.15 Å². The number of aliphatic hydroxyl groups is 1. The van der Waals surface area contributed by atoms with Gasteiger partial charge in [-0.25, -0.2) is 0 Å². The summed E-state index contributed by atoms with van der Waals surface area (Å²) in [6.07, 6.45) is 4.39. The number of H-pyrrole nitrogens is 1. The number of nitrogens with one attached hydrogen (secondary N) is 3. The normalized spacial score (nSPS) is 16.8. The maximum Gasteiger partial charge on any atom is 0.251 e. The van der Waals surface area contributed by atoms with Crippen molar-refractivity contribution >= 4 is 23.2 Å². The molecule has 1 aliphatic carbocycles. The van der Waals surface area contributed by atoms with Gasteiger partial charge in [0.2, 0.25) is 0 Å². The van der Waals surface area contributed by atoms with Gasteiger partial charge < -0.3 is 30.4 Å². The van der Waals surface area contributed by atoms with Crippen LogP contribution in [0.4, 0.5) is 5.69 Å². The van der Waals surface area contributed by atoms with Gasteiger partial charge in [-0.1, -0.05) is 23.7 Å². The molecule has 4 N–H and O–H groups in total. The van der Waals surface area contributed by atoms with E-state index in [0.29, 0.717) is 34.7 Å². The van der Waals surface area contributed by atoms with Gasteiger partial charge in [0.25, 0.3) is 5.91 Å². The number of pyridine rings is 1. The number of hydrogen-bond donors (Lipinski definition) is 4. The molecule has 0 spiro atoms. The number of carbonyl (C=O) groups is 1. The number of aromatic nitrogens is 1. The Morgan fingerprint density at radius 1 is 1.10 bits per heavy atom. The fourth-order valence-electron chi connectivity index (χ4n) is 5.71. The zero-order valence-electron chi connectivity index (χ0n) is 24.4. The average molecular weight is 581 g/mol. The number of anilines is 1. The highest BCUT2D eigenvalue weighted by molar-refractivity contribution is 6.30. The van der Waals surface area contributed by atoms with Crippen molar-refractivity contribution in [2.24, 2.45) is 0 Å². The molecule has 1 amide bonds. The lowest BCUT2D eigenvalue weighted by Gasteiger charge is -2.39. The first-order valence-corrected chi connectivity index (χ1v) is 14.7. The van der Waals surface area contributed by atoms with Crippen LogP contribution >= 0.6 is 11.6 Å². The van der Waals surface area contributed by atoms with E-state index in [0.717, 1.165) is 54.6 Å². The fourth-order valence-corrected chi connectivity index (χ4v) is 6.02. The quantitative estimate of drug-likeness (QED) is 0.239. The highest BCUT2D eigenvalue weighted by Crippen LogP contribution is 2.35. The lowest BCUT2D eigenvalue weighted by molar-refractivity contribution is 0.0950. The molecule has 4 rings (SSSR count). The summed E-state index contributed by atoms with van der Waals surface area (Å²) in [6.45, 7) is 6.94. The number of amides is 1. The molecule has 0 aliphatic heterocycles. The number of carbonyl (C=O) groups excluding carboxylic acids is 1. The minimum absolute atomic E-state index is 0.0225. The summed E-state index contributed by atoms with van der Waals surface area (Å²) >= 11 is 6.30. The molecule has 0 atom stereocenters. The minimum Gasteiger partial charge on any atom is -0.491 e. The van der Waals surface area contributed by atoms with Gasteiger partial charge in [-0.2, -0.15) is 0 Å². The number of benzene rings is 2. The third-order valence-corrected chi connectivity index (χ3v) is 8.33. The molecule has 0 saturated heterocycles. The van der Waals surface area contributed by atoms with Gasteiger partial charge >= 0.3 is 0 Å². The molecule has 9 heteroatoms. The predicted octanol–water partition coefficient (Wildman–Crippen LogP) is 4.97. The Bertz CT molecular complexity index is 1400. The molecule has 0 radical (unpaired) electrons. The summed E-state index contributed by atoms with van der Waals surface area (Å²) in [5, 5.41) is 15.7. The van der Waals surface area contributed by atoms with Gasteiger partial charge in [-0.15, -0.1) is 0 Å². The molecule has 1 aliphatic rings. The number of halogens is 1. The molecule has 220 valence electrons. The third kappa shape index (κ3) is 7.31. The van der Waals surface area contributed by atoms with Crippen LogP contribution < -0.4 is 25.7 Å². The smallest absolute Gasteiger partial charge is 0.251 e. The van der Waals surface area contributed by atoms with E-state index >= 15 is 0 Å². The van der Waals surface area contributed by atoms with Gasteiger partial charge in [-0.3, -0.25) is 9.59 Å². The summed E-state index contributed by atoms with van der Waals surface area (Å²) in [5.41, 5.74) is 5.14. The van der Waals surface area contributed by atoms with E-state index in [-0.39, 0.29) is 36.2 Å². The van der Waals surface area contributed by atoms with E-state index in [1.54, 1.807) is 6.92 Å². The number of aliphatic hydroxyl groups excluding tert-OH is 1. The molecule has 1 heterocycles. The lowest BCUT2D eigenvalue weighted by atomic mass is 9.89. The summed E-state index contributed by atoms with van der Waals surface area (Å²) in [6, 6.07) is 14.1. The van der Waals surface area contributed by atoms with Crippen molar-refractivity contribution in [2.75, 3.05) is 31.7 Å². The van der Waals surface area contributed by atoms with E-state index in [2.05, 4.69) is 33.5 Å². The van der Waals surface area contributed by atoms with Crippen LogP contribution in [0.15, 0.2) is 47.3 Å². The van der Waals surface area contributed by atoms with Crippen LogP contribution in [0.1, 0.15) is 59.8 Å². The van der Waals surface area contributed by atoms with Crippen LogP contribution in [0.3, 0.4) is 0 Å². The molecule has 3 aromatic rings. The van der Waals surface area contributed by atoms with Crippen LogP contribution in [0, 0.1) is 13.8 Å². The van der Waals surface area contributed by atoms with E-state index in [1.165, 1.54) is 6.07 Å². The second-order valence-electron chi connectivity index (χ2n) is 10.6. The molecule has 8 nitrogen and oxygen atoms in total. The maximum atomic E-state index is 13.7. The number of aromatic amines is 1. The Kier molecular flexibility index (Phi) is 10.5. The first kappa shape index (κ1) is 30.6. The number of rotatable bonds is 11. The Hall–Kier alpha value is -3.33. The number of hydrogen-bond acceptors (Lipinski definition) is 6. The van der Waals surface area contributed by atoms with Crippen molar-refractivity contribution in [1.29, 1.82) is 0 Å². The monoisotopic (exact) mass is 580 g/mol. The van der Waals surface area contributed by atoms with Gasteiger partial charge in [-0.05, 0) is 94.5 Å². The zero-order valence-corrected chi connectivity index (χ0v) is 25.1. The van der Waals surface area contributed by atoms with Crippen molar-refractivity contribution in [3.63, 3.8) is 0 Å². The molecule has 41 heavy (non-hydrogen) atoms. The molecule has 1 fully saturated rings. The highest BCUT2D eigenvalue weighted by atomic mass is 35.5. The zero-order chi connectivity index (χ0) is 29.5. The van der Waals surface area contributed by atoms with E-state index in [4.69, 9.17) is 21.4 Å². The molecule has 2 aromatic carbocycles. The first-order chi connectivity index (χ1) is 19.7. The minimum atomic E-state index is -0.264. The van der Waals surface area contributed by atoms with Crippen LogP contribution in [-0.4, -0.2) is 54.9 Å².